The molecule has 0 saturated carbocycles. The molecule has 0 aromatic heterocycles. The fraction of sp³-hybridized carbons (Fsp3) is 0.385. The molecule has 18 heavy (non-hydrogen) atoms. The number of nitrogens with zero attached hydrogens (tertiary/aromatic N) is 1. The van der Waals surface area contributed by atoms with Crippen LogP contribution in [0.25, 0.3) is 0 Å². The molecule has 1 aromatic rings. The van der Waals surface area contributed by atoms with Gasteiger partial charge >= 0.3 is 0 Å². The van der Waals surface area contributed by atoms with Crippen molar-refractivity contribution in [2.45, 2.75) is 19.3 Å². The van der Waals surface area contributed by atoms with E-state index in [2.05, 4.69) is 5.32 Å². The minimum absolute atomic E-state index is 0.121. The molecule has 1 saturated heterocycles. The molecule has 2 nitrogen and oxygen atoms in total. The van der Waals surface area contributed by atoms with Gasteiger partial charge in [0.2, 0.25) is 0 Å². The minimum atomic E-state index is -1.05. The van der Waals surface area contributed by atoms with Gasteiger partial charge in [0.05, 0.1) is 6.67 Å². The summed E-state index contributed by atoms with van der Waals surface area (Å²) in [6.45, 7) is 3.13. The number of allylic oxidation sites excluding steroid dienone is 2. The Morgan fingerprint density at radius 3 is 2.67 bits per heavy atom. The molecule has 0 bridgehead atoms. The van der Waals surface area contributed by atoms with Crippen LogP contribution in [0.2, 0.25) is 0 Å². The van der Waals surface area contributed by atoms with Crippen LogP contribution < -0.4 is 5.32 Å². The fourth-order valence-corrected chi connectivity index (χ4v) is 2.78. The van der Waals surface area contributed by atoms with Gasteiger partial charge in [-0.05, 0) is 25.5 Å². The van der Waals surface area contributed by atoms with Gasteiger partial charge in [-0.2, -0.15) is 0 Å². The van der Waals surface area contributed by atoms with E-state index in [-0.39, 0.29) is 11.5 Å². The lowest BCUT2D eigenvalue weighted by molar-refractivity contribution is 0.390. The first-order valence-corrected chi connectivity index (χ1v) is 5.90. The second-order valence-corrected chi connectivity index (χ2v) is 4.79. The van der Waals surface area contributed by atoms with Crippen LogP contribution in [-0.4, -0.2) is 18.1 Å². The topological polar surface area (TPSA) is 15.3 Å². The van der Waals surface area contributed by atoms with Crippen LogP contribution in [0.3, 0.4) is 0 Å². The van der Waals surface area contributed by atoms with Crippen molar-refractivity contribution in [2.24, 2.45) is 0 Å². The van der Waals surface area contributed by atoms with Crippen LogP contribution in [0.15, 0.2) is 23.5 Å². The van der Waals surface area contributed by atoms with Crippen molar-refractivity contribution in [3.63, 3.8) is 0 Å². The van der Waals surface area contributed by atoms with E-state index in [1.165, 1.54) is 0 Å². The Labute approximate surface area is 103 Å². The van der Waals surface area contributed by atoms with Crippen molar-refractivity contribution in [2.75, 3.05) is 13.2 Å². The van der Waals surface area contributed by atoms with Crippen LogP contribution in [0, 0.1) is 17.5 Å². The molecule has 2 aliphatic rings. The lowest BCUT2D eigenvalue weighted by Crippen LogP contribution is -2.23. The van der Waals surface area contributed by atoms with Crippen LogP contribution in [-0.2, 0) is 0 Å². The summed E-state index contributed by atoms with van der Waals surface area (Å²) in [6.07, 6.45) is 0.552. The number of rotatable bonds is 1. The molecule has 5 heteroatoms. The number of halogens is 3. The van der Waals surface area contributed by atoms with Gasteiger partial charge in [0.15, 0.2) is 11.6 Å². The summed E-state index contributed by atoms with van der Waals surface area (Å²) in [7, 11) is 0. The van der Waals surface area contributed by atoms with Gasteiger partial charge < -0.3 is 10.2 Å². The van der Waals surface area contributed by atoms with E-state index in [0.717, 1.165) is 23.5 Å². The van der Waals surface area contributed by atoms with Crippen molar-refractivity contribution in [3.05, 3.63) is 46.5 Å². The van der Waals surface area contributed by atoms with Crippen molar-refractivity contribution in [1.29, 1.82) is 0 Å². The zero-order chi connectivity index (χ0) is 12.9. The molecule has 1 N–H and O–H groups in total. The third-order valence-corrected chi connectivity index (χ3v) is 3.72. The zero-order valence-electron chi connectivity index (χ0n) is 9.93. The van der Waals surface area contributed by atoms with Crippen molar-refractivity contribution < 1.29 is 13.2 Å². The van der Waals surface area contributed by atoms with Gasteiger partial charge in [0, 0.05) is 29.4 Å². The molecule has 0 unspecified atom stereocenters. The highest BCUT2D eigenvalue weighted by atomic mass is 19.2. The SMILES string of the molecule is CC1=C2C[C@H](c3c(F)ccc(F)c3F)CN2CN1. The summed E-state index contributed by atoms with van der Waals surface area (Å²) < 4.78 is 40.6. The highest BCUT2D eigenvalue weighted by Gasteiger charge is 2.35. The van der Waals surface area contributed by atoms with Crippen LogP contribution in [0.4, 0.5) is 13.2 Å². The largest absolute Gasteiger partial charge is 0.370 e. The molecule has 0 radical (unpaired) electrons. The summed E-state index contributed by atoms with van der Waals surface area (Å²) in [5.74, 6) is -3.01. The molecule has 0 spiro atoms. The van der Waals surface area contributed by atoms with E-state index in [9.17, 15) is 13.2 Å². The van der Waals surface area contributed by atoms with E-state index in [0.29, 0.717) is 19.6 Å². The molecule has 2 aliphatic heterocycles. The second-order valence-electron chi connectivity index (χ2n) is 4.79. The first kappa shape index (κ1) is 11.4. The predicted octanol–water partition coefficient (Wildman–Crippen LogP) is 2.69. The maximum absolute atomic E-state index is 13.7. The summed E-state index contributed by atoms with van der Waals surface area (Å²) in [5.41, 5.74) is 1.99. The second kappa shape index (κ2) is 3.93. The first-order chi connectivity index (χ1) is 8.58. The predicted molar refractivity (Wildman–Crippen MR) is 61.1 cm³/mol. The van der Waals surface area contributed by atoms with Crippen molar-refractivity contribution in [3.8, 4) is 0 Å². The molecule has 1 atom stereocenters. The molecule has 1 fully saturated rings. The fourth-order valence-electron chi connectivity index (χ4n) is 2.78. The summed E-state index contributed by atoms with van der Waals surface area (Å²) in [6, 6.07) is 1.83. The zero-order valence-corrected chi connectivity index (χ0v) is 9.93. The minimum Gasteiger partial charge on any atom is -0.370 e. The Balaban J connectivity index is 1.99. The Kier molecular flexibility index (Phi) is 2.50. The normalized spacial score (nSPS) is 22.4. The quantitative estimate of drug-likeness (QED) is 0.775. The number of benzene rings is 1. The third-order valence-electron chi connectivity index (χ3n) is 3.72. The van der Waals surface area contributed by atoms with E-state index in [4.69, 9.17) is 0 Å². The molecular formula is C13H13F3N2. The van der Waals surface area contributed by atoms with Crippen LogP contribution in [0.5, 0.6) is 0 Å². The number of hydrogen-bond donors (Lipinski definition) is 1. The number of hydrogen-bond acceptors (Lipinski definition) is 2. The highest BCUT2D eigenvalue weighted by Crippen LogP contribution is 2.39. The molecule has 0 amide bonds. The van der Waals surface area contributed by atoms with Crippen molar-refractivity contribution in [1.82, 2.24) is 10.2 Å². The van der Waals surface area contributed by atoms with Crippen LogP contribution >= 0.6 is 0 Å². The van der Waals surface area contributed by atoms with E-state index < -0.39 is 17.5 Å². The maximum Gasteiger partial charge on any atom is 0.165 e. The van der Waals surface area contributed by atoms with Gasteiger partial charge in [-0.15, -0.1) is 0 Å². The third kappa shape index (κ3) is 1.57. The molecule has 96 valence electrons. The van der Waals surface area contributed by atoms with E-state index in [1.807, 2.05) is 11.8 Å². The van der Waals surface area contributed by atoms with Gasteiger partial charge in [0.25, 0.3) is 0 Å². The molecular weight excluding hydrogens is 241 g/mol. The molecule has 1 aromatic carbocycles. The summed E-state index contributed by atoms with van der Waals surface area (Å²) in [4.78, 5) is 2.05. The molecule has 3 rings (SSSR count). The molecule has 2 heterocycles. The lowest BCUT2D eigenvalue weighted by atomic mass is 9.96. The Morgan fingerprint density at radius 1 is 1.22 bits per heavy atom. The monoisotopic (exact) mass is 254 g/mol. The van der Waals surface area contributed by atoms with Crippen molar-refractivity contribution >= 4 is 0 Å². The smallest absolute Gasteiger partial charge is 0.165 e. The Bertz CT molecular complexity index is 539. The standard InChI is InChI=1S/C13H13F3N2/c1-7-11-4-8(5-18(11)6-17-7)12-9(14)2-3-10(15)13(12)16/h2-3,8,17H,4-6H2,1H3/t8-/m0/s1. The first-order valence-electron chi connectivity index (χ1n) is 5.90. The van der Waals surface area contributed by atoms with Gasteiger partial charge in [-0.25, -0.2) is 13.2 Å². The Morgan fingerprint density at radius 2 is 1.94 bits per heavy atom. The summed E-state index contributed by atoms with van der Waals surface area (Å²) >= 11 is 0. The van der Waals surface area contributed by atoms with E-state index in [1.54, 1.807) is 0 Å². The lowest BCUT2D eigenvalue weighted by Gasteiger charge is -2.15. The summed E-state index contributed by atoms with van der Waals surface area (Å²) in [5, 5.41) is 3.18. The average molecular weight is 254 g/mol. The van der Waals surface area contributed by atoms with Gasteiger partial charge in [0.1, 0.15) is 5.82 Å². The molecule has 0 aliphatic carbocycles. The number of fused-ring (bicyclic) bond motifs is 1. The number of nitrogens with one attached hydrogen (secondary N) is 1. The van der Waals surface area contributed by atoms with E-state index >= 15 is 0 Å². The highest BCUT2D eigenvalue weighted by molar-refractivity contribution is 5.31. The maximum atomic E-state index is 13.7. The van der Waals surface area contributed by atoms with Crippen LogP contribution in [0.1, 0.15) is 24.8 Å². The van der Waals surface area contributed by atoms with Gasteiger partial charge in [-0.3, -0.25) is 0 Å². The Hall–Kier alpha value is -1.65. The van der Waals surface area contributed by atoms with Gasteiger partial charge in [-0.1, -0.05) is 0 Å². The average Bonchev–Trinajstić information content (AvgIpc) is 2.88.